The van der Waals surface area contributed by atoms with E-state index < -0.39 is 0 Å². The van der Waals surface area contributed by atoms with E-state index in [-0.39, 0.29) is 17.7 Å². The highest BCUT2D eigenvalue weighted by Gasteiger charge is 2.20. The van der Waals surface area contributed by atoms with Crippen molar-refractivity contribution >= 4 is 29.1 Å². The van der Waals surface area contributed by atoms with Crippen molar-refractivity contribution in [1.82, 2.24) is 4.90 Å². The predicted octanol–water partition coefficient (Wildman–Crippen LogP) is 4.62. The Balaban J connectivity index is 1.44. The van der Waals surface area contributed by atoms with Gasteiger partial charge < -0.3 is 15.5 Å². The molecule has 1 aliphatic heterocycles. The van der Waals surface area contributed by atoms with Crippen molar-refractivity contribution in [2.24, 2.45) is 0 Å². The minimum Gasteiger partial charge on any atom is -0.338 e. The Kier molecular flexibility index (Phi) is 6.31. The van der Waals surface area contributed by atoms with Crippen LogP contribution in [0.25, 0.3) is 0 Å². The van der Waals surface area contributed by atoms with E-state index in [1.807, 2.05) is 48.2 Å². The van der Waals surface area contributed by atoms with E-state index in [0.717, 1.165) is 24.1 Å². The monoisotopic (exact) mass is 427 g/mol. The number of aryl methyl sites for hydroxylation is 1. The Morgan fingerprint density at radius 2 is 1.69 bits per heavy atom. The van der Waals surface area contributed by atoms with Gasteiger partial charge >= 0.3 is 0 Å². The smallest absolute Gasteiger partial charge is 0.257 e. The first kappa shape index (κ1) is 21.3. The molecule has 6 heteroatoms. The third kappa shape index (κ3) is 5.03. The molecule has 0 unspecified atom stereocenters. The first-order chi connectivity index (χ1) is 15.5. The first-order valence-corrected chi connectivity index (χ1v) is 10.6. The maximum Gasteiger partial charge on any atom is 0.257 e. The second-order valence-corrected chi connectivity index (χ2v) is 7.94. The molecule has 3 amide bonds. The molecule has 1 heterocycles. The normalized spacial score (nSPS) is 13.2. The fraction of sp³-hybridized carbons (Fsp3) is 0.192. The predicted molar refractivity (Wildman–Crippen MR) is 125 cm³/mol. The Labute approximate surface area is 187 Å². The Bertz CT molecular complexity index is 1150. The van der Waals surface area contributed by atoms with E-state index in [1.165, 1.54) is 0 Å². The third-order valence-corrected chi connectivity index (χ3v) is 5.46. The van der Waals surface area contributed by atoms with Gasteiger partial charge in [0.1, 0.15) is 0 Å². The van der Waals surface area contributed by atoms with Gasteiger partial charge in [0.2, 0.25) is 5.91 Å². The highest BCUT2D eigenvalue weighted by atomic mass is 16.2. The van der Waals surface area contributed by atoms with Crippen LogP contribution >= 0.6 is 0 Å². The van der Waals surface area contributed by atoms with E-state index >= 15 is 0 Å². The second kappa shape index (κ2) is 9.47. The van der Waals surface area contributed by atoms with E-state index in [0.29, 0.717) is 35.5 Å². The van der Waals surface area contributed by atoms with Crippen LogP contribution in [0.5, 0.6) is 0 Å². The van der Waals surface area contributed by atoms with Gasteiger partial charge in [0.25, 0.3) is 11.8 Å². The van der Waals surface area contributed by atoms with Crippen molar-refractivity contribution in [3.05, 3.63) is 95.1 Å². The lowest BCUT2D eigenvalue weighted by Gasteiger charge is -2.15. The molecule has 3 aromatic rings. The quantitative estimate of drug-likeness (QED) is 0.602. The summed E-state index contributed by atoms with van der Waals surface area (Å²) in [6.07, 6.45) is 1.51. The number of carbonyl (C=O) groups is 3. The summed E-state index contributed by atoms with van der Waals surface area (Å²) in [4.78, 5) is 39.2. The number of anilines is 2. The minimum absolute atomic E-state index is 0.173. The number of benzene rings is 3. The number of carbonyl (C=O) groups excluding carboxylic acids is 3. The first-order valence-electron chi connectivity index (χ1n) is 10.6. The minimum atomic E-state index is -0.301. The molecule has 0 aromatic heterocycles. The van der Waals surface area contributed by atoms with Gasteiger partial charge in [-0.15, -0.1) is 0 Å². The average molecular weight is 428 g/mol. The lowest BCUT2D eigenvalue weighted by atomic mass is 10.1. The van der Waals surface area contributed by atoms with Crippen LogP contribution in [0, 0.1) is 6.92 Å². The number of para-hydroxylation sites is 1. The van der Waals surface area contributed by atoms with Crippen molar-refractivity contribution in [2.45, 2.75) is 26.3 Å². The van der Waals surface area contributed by atoms with Gasteiger partial charge in [-0.05, 0) is 60.9 Å². The van der Waals surface area contributed by atoms with Gasteiger partial charge in [-0.2, -0.15) is 0 Å². The van der Waals surface area contributed by atoms with Crippen molar-refractivity contribution in [2.75, 3.05) is 17.2 Å². The van der Waals surface area contributed by atoms with Crippen LogP contribution < -0.4 is 10.6 Å². The van der Waals surface area contributed by atoms with Crippen LogP contribution in [0.15, 0.2) is 72.8 Å². The number of amides is 3. The van der Waals surface area contributed by atoms with Crippen molar-refractivity contribution in [3.63, 3.8) is 0 Å². The molecule has 2 N–H and O–H groups in total. The molecular weight excluding hydrogens is 402 g/mol. The molecule has 0 atom stereocenters. The molecule has 6 nitrogen and oxygen atoms in total. The van der Waals surface area contributed by atoms with Crippen LogP contribution in [0.1, 0.15) is 44.7 Å². The van der Waals surface area contributed by atoms with Crippen LogP contribution in [-0.4, -0.2) is 29.2 Å². The molecule has 0 radical (unpaired) electrons. The van der Waals surface area contributed by atoms with Crippen LogP contribution in [0.3, 0.4) is 0 Å². The van der Waals surface area contributed by atoms with Crippen LogP contribution in [0.4, 0.5) is 11.4 Å². The van der Waals surface area contributed by atoms with Crippen molar-refractivity contribution in [1.29, 1.82) is 0 Å². The van der Waals surface area contributed by atoms with E-state index in [9.17, 15) is 14.4 Å². The molecule has 1 saturated heterocycles. The Morgan fingerprint density at radius 1 is 0.906 bits per heavy atom. The summed E-state index contributed by atoms with van der Waals surface area (Å²) in [6, 6.07) is 21.6. The van der Waals surface area contributed by atoms with Crippen molar-refractivity contribution in [3.8, 4) is 0 Å². The van der Waals surface area contributed by atoms with Gasteiger partial charge in [-0.1, -0.05) is 36.4 Å². The molecule has 3 aromatic carbocycles. The molecule has 4 rings (SSSR count). The zero-order valence-corrected chi connectivity index (χ0v) is 17.9. The topological polar surface area (TPSA) is 78.5 Å². The summed E-state index contributed by atoms with van der Waals surface area (Å²) >= 11 is 0. The maximum atomic E-state index is 12.8. The van der Waals surface area contributed by atoms with Gasteiger partial charge in [0.05, 0.1) is 11.3 Å². The largest absolute Gasteiger partial charge is 0.338 e. The maximum absolute atomic E-state index is 12.8. The summed E-state index contributed by atoms with van der Waals surface area (Å²) in [5.41, 5.74) is 4.02. The highest BCUT2D eigenvalue weighted by molar-refractivity contribution is 6.12. The zero-order valence-electron chi connectivity index (χ0n) is 17.9. The summed E-state index contributed by atoms with van der Waals surface area (Å²) in [5.74, 6) is -0.422. The number of nitrogens with one attached hydrogen (secondary N) is 2. The van der Waals surface area contributed by atoms with Crippen LogP contribution in [0.2, 0.25) is 0 Å². The molecule has 162 valence electrons. The second-order valence-electron chi connectivity index (χ2n) is 7.94. The highest BCUT2D eigenvalue weighted by Crippen LogP contribution is 2.20. The van der Waals surface area contributed by atoms with E-state index in [1.54, 1.807) is 36.4 Å². The number of hydrogen-bond acceptors (Lipinski definition) is 3. The molecule has 0 saturated carbocycles. The fourth-order valence-corrected chi connectivity index (χ4v) is 3.76. The Morgan fingerprint density at radius 3 is 2.41 bits per heavy atom. The SMILES string of the molecule is Cc1cccc(NC(=O)c2ccccc2NC(=O)c2ccc(CN3CCCC3=O)cc2)c1. The molecule has 1 fully saturated rings. The van der Waals surface area contributed by atoms with Crippen molar-refractivity contribution < 1.29 is 14.4 Å². The molecular formula is C26H25N3O3. The number of hydrogen-bond donors (Lipinski definition) is 2. The van der Waals surface area contributed by atoms with Crippen LogP contribution in [-0.2, 0) is 11.3 Å². The number of likely N-dealkylation sites (tertiary alicyclic amines) is 1. The lowest BCUT2D eigenvalue weighted by Crippen LogP contribution is -2.23. The van der Waals surface area contributed by atoms with Gasteiger partial charge in [-0.3, -0.25) is 14.4 Å². The summed E-state index contributed by atoms with van der Waals surface area (Å²) in [7, 11) is 0. The van der Waals surface area contributed by atoms with Gasteiger partial charge in [-0.25, -0.2) is 0 Å². The summed E-state index contributed by atoms with van der Waals surface area (Å²) in [5, 5.41) is 5.72. The molecule has 0 bridgehead atoms. The number of rotatable bonds is 6. The molecule has 1 aliphatic rings. The van der Waals surface area contributed by atoms with Gasteiger partial charge in [0.15, 0.2) is 0 Å². The average Bonchev–Trinajstić information content (AvgIpc) is 3.19. The molecule has 32 heavy (non-hydrogen) atoms. The summed E-state index contributed by atoms with van der Waals surface area (Å²) in [6.45, 7) is 3.29. The molecule has 0 spiro atoms. The van der Waals surface area contributed by atoms with Gasteiger partial charge in [0, 0.05) is 30.8 Å². The fourth-order valence-electron chi connectivity index (χ4n) is 3.76. The summed E-state index contributed by atoms with van der Waals surface area (Å²) < 4.78 is 0. The third-order valence-electron chi connectivity index (χ3n) is 5.46. The molecule has 0 aliphatic carbocycles. The van der Waals surface area contributed by atoms with E-state index in [2.05, 4.69) is 10.6 Å². The Hall–Kier alpha value is -3.93. The number of nitrogens with zero attached hydrogens (tertiary/aromatic N) is 1. The zero-order chi connectivity index (χ0) is 22.5. The standard InChI is InChI=1S/C26H25N3O3/c1-18-6-4-7-21(16-18)27-26(32)22-8-2-3-9-23(22)28-25(31)20-13-11-19(12-14-20)17-29-15-5-10-24(29)30/h2-4,6-9,11-14,16H,5,10,15,17H2,1H3,(H,27,32)(H,28,31). The van der Waals surface area contributed by atoms with E-state index in [4.69, 9.17) is 0 Å². The lowest BCUT2D eigenvalue weighted by molar-refractivity contribution is -0.128.